The van der Waals surface area contributed by atoms with Crippen LogP contribution in [0.2, 0.25) is 24.7 Å². The first kappa shape index (κ1) is 15.0. The number of rotatable bonds is 7. The molecule has 2 nitrogen and oxygen atoms in total. The van der Waals surface area contributed by atoms with E-state index < -0.39 is 8.07 Å². The minimum atomic E-state index is -1.04. The number of carbonyl (C=O) groups is 1. The van der Waals surface area contributed by atoms with Crippen LogP contribution >= 0.6 is 0 Å². The van der Waals surface area contributed by atoms with Crippen molar-refractivity contribution in [3.05, 3.63) is 30.3 Å². The minimum Gasteiger partial charge on any atom is -0.326 e. The van der Waals surface area contributed by atoms with E-state index in [0.717, 1.165) is 12.1 Å². The van der Waals surface area contributed by atoms with E-state index in [1.54, 1.807) is 0 Å². The van der Waals surface area contributed by atoms with Crippen LogP contribution in [0.4, 0.5) is 5.69 Å². The van der Waals surface area contributed by atoms with Crippen molar-refractivity contribution >= 4 is 19.7 Å². The van der Waals surface area contributed by atoms with Crippen molar-refractivity contribution < 1.29 is 4.79 Å². The summed E-state index contributed by atoms with van der Waals surface area (Å²) in [7, 11) is -1.04. The molecule has 0 saturated heterocycles. The lowest BCUT2D eigenvalue weighted by atomic mass is 10.3. The molecule has 1 rings (SSSR count). The zero-order chi connectivity index (χ0) is 13.4. The summed E-state index contributed by atoms with van der Waals surface area (Å²) in [6.07, 6.45) is 1.68. The first-order valence-corrected chi connectivity index (χ1v) is 10.1. The van der Waals surface area contributed by atoms with Gasteiger partial charge in [-0.3, -0.25) is 4.79 Å². The summed E-state index contributed by atoms with van der Waals surface area (Å²) >= 11 is 0. The highest BCUT2D eigenvalue weighted by molar-refractivity contribution is 6.78. The number of amides is 1. The van der Waals surface area contributed by atoms with E-state index in [1.165, 1.54) is 18.1 Å². The Kier molecular flexibility index (Phi) is 6.12. The average Bonchev–Trinajstić information content (AvgIpc) is 2.39. The second kappa shape index (κ2) is 7.37. The van der Waals surface area contributed by atoms with Crippen molar-refractivity contribution in [3.63, 3.8) is 0 Å². The normalized spacial score (nSPS) is 11.3. The van der Waals surface area contributed by atoms with Crippen LogP contribution in [0, 0.1) is 0 Å². The maximum absolute atomic E-state index is 11.8. The number of para-hydroxylation sites is 1. The van der Waals surface area contributed by atoms with Crippen LogP contribution in [-0.4, -0.2) is 14.0 Å². The zero-order valence-electron chi connectivity index (χ0n) is 11.8. The molecule has 0 heterocycles. The Morgan fingerprint density at radius 1 is 1.17 bits per heavy atom. The van der Waals surface area contributed by atoms with Crippen LogP contribution in [0.25, 0.3) is 0 Å². The van der Waals surface area contributed by atoms with E-state index in [4.69, 9.17) is 0 Å². The highest BCUT2D eigenvalue weighted by atomic mass is 28.3. The van der Waals surface area contributed by atoms with Crippen molar-refractivity contribution in [3.8, 4) is 0 Å². The molecule has 0 radical (unpaired) electrons. The monoisotopic (exact) mass is 263 g/mol. The summed E-state index contributed by atoms with van der Waals surface area (Å²) in [5, 5.41) is 2.94. The van der Waals surface area contributed by atoms with Crippen LogP contribution in [0.3, 0.4) is 0 Å². The summed E-state index contributed by atoms with van der Waals surface area (Å²) in [6.45, 7) is 7.03. The van der Waals surface area contributed by atoms with Crippen molar-refractivity contribution in [2.45, 2.75) is 51.4 Å². The lowest BCUT2D eigenvalue weighted by molar-refractivity contribution is -0.116. The van der Waals surface area contributed by atoms with Crippen LogP contribution in [-0.2, 0) is 4.79 Å². The van der Waals surface area contributed by atoms with Crippen LogP contribution in [0.15, 0.2) is 30.3 Å². The minimum absolute atomic E-state index is 0.143. The van der Waals surface area contributed by atoms with Crippen molar-refractivity contribution in [2.24, 2.45) is 0 Å². The van der Waals surface area contributed by atoms with Gasteiger partial charge in [-0.1, -0.05) is 56.7 Å². The summed E-state index contributed by atoms with van der Waals surface area (Å²) in [5.41, 5.74) is 0.897. The predicted molar refractivity (Wildman–Crippen MR) is 81.7 cm³/mol. The van der Waals surface area contributed by atoms with Gasteiger partial charge in [0.25, 0.3) is 0 Å². The van der Waals surface area contributed by atoms with E-state index in [-0.39, 0.29) is 5.91 Å². The van der Waals surface area contributed by atoms with Gasteiger partial charge in [-0.15, -0.1) is 0 Å². The predicted octanol–water partition coefficient (Wildman–Crippen LogP) is 4.52. The molecule has 1 N–H and O–H groups in total. The molecule has 18 heavy (non-hydrogen) atoms. The molecule has 1 aromatic rings. The van der Waals surface area contributed by atoms with Gasteiger partial charge in [-0.05, 0) is 18.6 Å². The number of nitrogens with one attached hydrogen (secondary N) is 1. The fourth-order valence-electron chi connectivity index (χ4n) is 2.02. The first-order valence-electron chi connectivity index (χ1n) is 6.94. The maximum Gasteiger partial charge on any atom is 0.224 e. The van der Waals surface area contributed by atoms with Crippen molar-refractivity contribution in [1.29, 1.82) is 0 Å². The van der Waals surface area contributed by atoms with Crippen LogP contribution in [0.5, 0.6) is 0 Å². The van der Waals surface area contributed by atoms with Gasteiger partial charge in [0.05, 0.1) is 0 Å². The van der Waals surface area contributed by atoms with E-state index in [2.05, 4.69) is 25.7 Å². The molecule has 1 amide bonds. The van der Waals surface area contributed by atoms with E-state index in [0.29, 0.717) is 6.42 Å². The summed E-state index contributed by atoms with van der Waals surface area (Å²) in [4.78, 5) is 11.8. The summed E-state index contributed by atoms with van der Waals surface area (Å²) in [5.74, 6) is 0.143. The SMILES string of the molecule is CC[Si](C)(CC)CCCC(=O)Nc1ccccc1. The molecule has 0 atom stereocenters. The van der Waals surface area contributed by atoms with Gasteiger partial charge < -0.3 is 5.32 Å². The Morgan fingerprint density at radius 2 is 1.78 bits per heavy atom. The Balaban J connectivity index is 2.30. The molecular formula is C15H25NOSi. The molecule has 100 valence electrons. The van der Waals surface area contributed by atoms with Gasteiger partial charge >= 0.3 is 0 Å². The Morgan fingerprint density at radius 3 is 2.33 bits per heavy atom. The van der Waals surface area contributed by atoms with Gasteiger partial charge in [0.2, 0.25) is 5.91 Å². The summed E-state index contributed by atoms with van der Waals surface area (Å²) < 4.78 is 0. The molecule has 0 bridgehead atoms. The molecule has 0 aliphatic rings. The number of carbonyl (C=O) groups excluding carboxylic acids is 1. The Hall–Kier alpha value is -1.09. The van der Waals surface area contributed by atoms with Gasteiger partial charge in [0.1, 0.15) is 0 Å². The standard InChI is InChI=1S/C15H25NOSi/c1-4-18(3,5-2)13-9-12-15(17)16-14-10-7-6-8-11-14/h6-8,10-11H,4-5,9,12-13H2,1-3H3,(H,16,17). The van der Waals surface area contributed by atoms with Gasteiger partial charge in [0, 0.05) is 20.2 Å². The van der Waals surface area contributed by atoms with E-state index >= 15 is 0 Å². The third-order valence-corrected chi connectivity index (χ3v) is 8.92. The number of anilines is 1. The average molecular weight is 263 g/mol. The Labute approximate surface area is 112 Å². The lowest BCUT2D eigenvalue weighted by Crippen LogP contribution is -2.27. The third kappa shape index (κ3) is 5.04. The highest BCUT2D eigenvalue weighted by Gasteiger charge is 2.21. The van der Waals surface area contributed by atoms with Crippen LogP contribution in [0.1, 0.15) is 26.7 Å². The number of hydrogen-bond donors (Lipinski definition) is 1. The zero-order valence-corrected chi connectivity index (χ0v) is 12.8. The second-order valence-corrected chi connectivity index (χ2v) is 10.8. The quantitative estimate of drug-likeness (QED) is 0.720. The van der Waals surface area contributed by atoms with Crippen LogP contribution < -0.4 is 5.32 Å². The van der Waals surface area contributed by atoms with E-state index in [9.17, 15) is 4.79 Å². The molecule has 0 spiro atoms. The Bertz CT molecular complexity index is 360. The maximum atomic E-state index is 11.8. The highest BCUT2D eigenvalue weighted by Crippen LogP contribution is 2.22. The summed E-state index contributed by atoms with van der Waals surface area (Å²) in [6, 6.07) is 13.6. The molecule has 0 aliphatic heterocycles. The van der Waals surface area contributed by atoms with Gasteiger partial charge in [-0.25, -0.2) is 0 Å². The topological polar surface area (TPSA) is 29.1 Å². The smallest absolute Gasteiger partial charge is 0.224 e. The molecular weight excluding hydrogens is 238 g/mol. The molecule has 3 heteroatoms. The first-order chi connectivity index (χ1) is 8.59. The fraction of sp³-hybridized carbons (Fsp3) is 0.533. The molecule has 1 aromatic carbocycles. The third-order valence-electron chi connectivity index (χ3n) is 3.95. The number of hydrogen-bond acceptors (Lipinski definition) is 1. The van der Waals surface area contributed by atoms with Crippen molar-refractivity contribution in [1.82, 2.24) is 0 Å². The fourth-order valence-corrected chi connectivity index (χ4v) is 4.26. The van der Waals surface area contributed by atoms with Gasteiger partial charge in [-0.2, -0.15) is 0 Å². The molecule has 0 aliphatic carbocycles. The van der Waals surface area contributed by atoms with Crippen molar-refractivity contribution in [2.75, 3.05) is 5.32 Å². The molecule has 0 fully saturated rings. The molecule has 0 saturated carbocycles. The second-order valence-electron chi connectivity index (χ2n) is 5.29. The largest absolute Gasteiger partial charge is 0.326 e. The van der Waals surface area contributed by atoms with Gasteiger partial charge in [0.15, 0.2) is 0 Å². The van der Waals surface area contributed by atoms with E-state index in [1.807, 2.05) is 30.3 Å². The molecule has 0 aromatic heterocycles. The number of benzene rings is 1. The molecule has 0 unspecified atom stereocenters. The lowest BCUT2D eigenvalue weighted by Gasteiger charge is -2.23.